The highest BCUT2D eigenvalue weighted by molar-refractivity contribution is 9.11. The molecule has 15 heavy (non-hydrogen) atoms. The van der Waals surface area contributed by atoms with E-state index in [0.717, 1.165) is 27.6 Å². The Labute approximate surface area is 101 Å². The first-order valence-electron chi connectivity index (χ1n) is 4.74. The zero-order valence-corrected chi connectivity index (χ0v) is 10.8. The minimum absolute atomic E-state index is 0.818. The third-order valence-corrected chi connectivity index (χ3v) is 2.12. The number of halogens is 1. The van der Waals surface area contributed by atoms with Gasteiger partial charge in [-0.3, -0.25) is 0 Å². The van der Waals surface area contributed by atoms with Crippen LogP contribution < -0.4 is 0 Å². The molecule has 0 aromatic heterocycles. The van der Waals surface area contributed by atoms with Gasteiger partial charge in [-0.2, -0.15) is 0 Å². The van der Waals surface area contributed by atoms with Crippen molar-refractivity contribution in [3.63, 3.8) is 0 Å². The minimum atomic E-state index is 0.818. The van der Waals surface area contributed by atoms with Gasteiger partial charge in [0.2, 0.25) is 0 Å². The summed E-state index contributed by atoms with van der Waals surface area (Å²) in [6.45, 7) is 17.5. The van der Waals surface area contributed by atoms with Gasteiger partial charge in [-0.25, -0.2) is 0 Å². The molecule has 0 aromatic rings. The molecular weight excluding hydrogens is 248 g/mol. The summed E-state index contributed by atoms with van der Waals surface area (Å²) in [5.41, 5.74) is 2.84. The highest BCUT2D eigenvalue weighted by atomic mass is 79.9. The van der Waals surface area contributed by atoms with Gasteiger partial charge in [0.1, 0.15) is 0 Å². The quantitative estimate of drug-likeness (QED) is 0.587. The Balaban J connectivity index is 4.35. The molecular formula is C14H17Br. The lowest BCUT2D eigenvalue weighted by atomic mass is 10.1. The van der Waals surface area contributed by atoms with E-state index in [-0.39, 0.29) is 0 Å². The van der Waals surface area contributed by atoms with E-state index in [1.807, 2.05) is 24.3 Å². The standard InChI is InChI=1S/C14H17Br/c1-6-11(2)7-8-12(3)13(4)9-10-14(5)15/h7-10H,2-6H2,1H3/b8-7-,10-9-. The van der Waals surface area contributed by atoms with Crippen molar-refractivity contribution < 1.29 is 0 Å². The third-order valence-electron chi connectivity index (χ3n) is 1.85. The number of rotatable bonds is 6. The molecule has 0 nitrogen and oxygen atoms in total. The van der Waals surface area contributed by atoms with Gasteiger partial charge < -0.3 is 0 Å². The molecule has 0 heterocycles. The Kier molecular flexibility index (Phi) is 6.72. The highest BCUT2D eigenvalue weighted by Crippen LogP contribution is 2.12. The Morgan fingerprint density at radius 2 is 1.40 bits per heavy atom. The molecule has 0 bridgehead atoms. The molecule has 0 rings (SSSR count). The Hall–Kier alpha value is -1.08. The predicted molar refractivity (Wildman–Crippen MR) is 74.1 cm³/mol. The predicted octanol–water partition coefficient (Wildman–Crippen LogP) is 5.09. The van der Waals surface area contributed by atoms with Crippen molar-refractivity contribution in [3.8, 4) is 0 Å². The average molecular weight is 265 g/mol. The summed E-state index contributed by atoms with van der Waals surface area (Å²) in [6.07, 6.45) is 8.55. The molecule has 0 unspecified atom stereocenters. The van der Waals surface area contributed by atoms with Gasteiger partial charge >= 0.3 is 0 Å². The van der Waals surface area contributed by atoms with Crippen LogP contribution in [0.15, 0.2) is 71.8 Å². The third kappa shape index (κ3) is 6.92. The number of hydrogen-bond acceptors (Lipinski definition) is 0. The largest absolute Gasteiger partial charge is 0.0958 e. The molecule has 0 N–H and O–H groups in total. The molecule has 0 aliphatic rings. The van der Waals surface area contributed by atoms with Crippen LogP contribution in [0.2, 0.25) is 0 Å². The summed E-state index contributed by atoms with van der Waals surface area (Å²) in [6, 6.07) is 0. The minimum Gasteiger partial charge on any atom is -0.0958 e. The van der Waals surface area contributed by atoms with Gasteiger partial charge in [-0.15, -0.1) is 0 Å². The second-order valence-corrected chi connectivity index (χ2v) is 4.19. The summed E-state index contributed by atoms with van der Waals surface area (Å²) in [7, 11) is 0. The number of allylic oxidation sites excluding steroid dienone is 8. The van der Waals surface area contributed by atoms with Gasteiger partial charge in [0.15, 0.2) is 0 Å². The first-order chi connectivity index (χ1) is 6.97. The molecule has 1 heteroatoms. The van der Waals surface area contributed by atoms with Crippen LogP contribution >= 0.6 is 15.9 Å². The van der Waals surface area contributed by atoms with E-state index in [2.05, 4.69) is 49.2 Å². The molecule has 0 amide bonds. The summed E-state index contributed by atoms with van der Waals surface area (Å²) in [5, 5.41) is 0. The lowest BCUT2D eigenvalue weighted by molar-refractivity contribution is 1.16. The number of hydrogen-bond donors (Lipinski definition) is 0. The van der Waals surface area contributed by atoms with Crippen molar-refractivity contribution in [3.05, 3.63) is 71.8 Å². The van der Waals surface area contributed by atoms with Crippen molar-refractivity contribution >= 4 is 15.9 Å². The smallest absolute Gasteiger partial charge is 0.0103 e. The van der Waals surface area contributed by atoms with Gasteiger partial charge in [-0.05, 0) is 23.6 Å². The molecule has 0 spiro atoms. The first-order valence-corrected chi connectivity index (χ1v) is 5.53. The molecule has 0 aliphatic heterocycles. The van der Waals surface area contributed by atoms with E-state index in [0.29, 0.717) is 0 Å². The Morgan fingerprint density at radius 3 is 1.80 bits per heavy atom. The second-order valence-electron chi connectivity index (χ2n) is 3.18. The van der Waals surface area contributed by atoms with Crippen LogP contribution in [-0.2, 0) is 0 Å². The van der Waals surface area contributed by atoms with Crippen LogP contribution in [0, 0.1) is 0 Å². The Bertz CT molecular complexity index is 340. The Morgan fingerprint density at radius 1 is 0.933 bits per heavy atom. The molecule has 80 valence electrons. The first kappa shape index (κ1) is 13.9. The molecule has 0 radical (unpaired) electrons. The van der Waals surface area contributed by atoms with Crippen LogP contribution in [0.4, 0.5) is 0 Å². The van der Waals surface area contributed by atoms with Crippen LogP contribution in [-0.4, -0.2) is 0 Å². The van der Waals surface area contributed by atoms with E-state index in [1.165, 1.54) is 0 Å². The van der Waals surface area contributed by atoms with E-state index < -0.39 is 0 Å². The normalized spacial score (nSPS) is 10.8. The maximum absolute atomic E-state index is 3.92. The van der Waals surface area contributed by atoms with Gasteiger partial charge in [0.05, 0.1) is 0 Å². The van der Waals surface area contributed by atoms with E-state index in [9.17, 15) is 0 Å². The monoisotopic (exact) mass is 264 g/mol. The van der Waals surface area contributed by atoms with E-state index >= 15 is 0 Å². The average Bonchev–Trinajstić information content (AvgIpc) is 2.21. The van der Waals surface area contributed by atoms with Gasteiger partial charge in [0.25, 0.3) is 0 Å². The topological polar surface area (TPSA) is 0 Å². The molecule has 0 fully saturated rings. The zero-order valence-electron chi connectivity index (χ0n) is 9.22. The molecule has 0 aromatic carbocycles. The SMILES string of the molecule is C=C(Br)/C=C\C(=C)C(=C)/C=C\C(=C)CC. The van der Waals surface area contributed by atoms with Crippen molar-refractivity contribution in [2.75, 3.05) is 0 Å². The van der Waals surface area contributed by atoms with Crippen molar-refractivity contribution in [2.45, 2.75) is 13.3 Å². The van der Waals surface area contributed by atoms with Crippen LogP contribution in [0.3, 0.4) is 0 Å². The summed E-state index contributed by atoms with van der Waals surface area (Å²) >= 11 is 3.24. The fraction of sp³-hybridized carbons (Fsp3) is 0.143. The fourth-order valence-corrected chi connectivity index (χ4v) is 0.874. The van der Waals surface area contributed by atoms with Crippen LogP contribution in [0.25, 0.3) is 0 Å². The zero-order chi connectivity index (χ0) is 11.8. The van der Waals surface area contributed by atoms with E-state index in [1.54, 1.807) is 0 Å². The lowest BCUT2D eigenvalue weighted by Crippen LogP contribution is -1.79. The van der Waals surface area contributed by atoms with Crippen molar-refractivity contribution in [1.82, 2.24) is 0 Å². The van der Waals surface area contributed by atoms with Crippen LogP contribution in [0.5, 0.6) is 0 Å². The summed E-state index contributed by atoms with van der Waals surface area (Å²) in [4.78, 5) is 0. The fourth-order valence-electron chi connectivity index (χ4n) is 0.741. The molecule has 0 saturated heterocycles. The molecule has 0 atom stereocenters. The van der Waals surface area contributed by atoms with Crippen molar-refractivity contribution in [1.29, 1.82) is 0 Å². The van der Waals surface area contributed by atoms with Crippen molar-refractivity contribution in [2.24, 2.45) is 0 Å². The highest BCUT2D eigenvalue weighted by Gasteiger charge is 1.91. The maximum atomic E-state index is 3.92. The molecule has 0 aliphatic carbocycles. The summed E-state index contributed by atoms with van der Waals surface area (Å²) in [5.74, 6) is 0. The van der Waals surface area contributed by atoms with Gasteiger partial charge in [-0.1, -0.05) is 73.0 Å². The lowest BCUT2D eigenvalue weighted by Gasteiger charge is -1.99. The van der Waals surface area contributed by atoms with Crippen LogP contribution in [0.1, 0.15) is 13.3 Å². The van der Waals surface area contributed by atoms with Gasteiger partial charge in [0, 0.05) is 4.48 Å². The molecule has 0 saturated carbocycles. The maximum Gasteiger partial charge on any atom is 0.0103 e. The van der Waals surface area contributed by atoms with E-state index in [4.69, 9.17) is 0 Å². The second kappa shape index (κ2) is 7.24. The summed E-state index contributed by atoms with van der Waals surface area (Å²) < 4.78 is 0.818.